The first-order valence-corrected chi connectivity index (χ1v) is 13.9. The van der Waals surface area contributed by atoms with E-state index in [-0.39, 0.29) is 48.2 Å². The molecule has 0 radical (unpaired) electrons. The minimum Gasteiger partial charge on any atom is -0.487 e. The van der Waals surface area contributed by atoms with E-state index in [0.717, 1.165) is 17.1 Å². The van der Waals surface area contributed by atoms with Gasteiger partial charge in [-0.2, -0.15) is 0 Å². The molecule has 0 aliphatic rings. The van der Waals surface area contributed by atoms with Gasteiger partial charge in [0.15, 0.2) is 0 Å². The number of primary amides is 1. The molecule has 4 aromatic rings. The van der Waals surface area contributed by atoms with Crippen LogP contribution in [0.15, 0.2) is 77.7 Å². The maximum atomic E-state index is 14.0. The van der Waals surface area contributed by atoms with Crippen LogP contribution < -0.4 is 21.3 Å². The number of ether oxygens (including phenoxy) is 2. The predicted molar refractivity (Wildman–Crippen MR) is 166 cm³/mol. The van der Waals surface area contributed by atoms with Gasteiger partial charge in [-0.15, -0.1) is 0 Å². The Hall–Kier alpha value is -5.46. The van der Waals surface area contributed by atoms with Crippen molar-refractivity contribution in [3.63, 3.8) is 0 Å². The molecule has 0 bridgehead atoms. The number of allylic oxidation sites excluding steroid dienone is 1. The summed E-state index contributed by atoms with van der Waals surface area (Å²) in [6.45, 7) is 0.138. The molecule has 238 valence electrons. The number of nitrogens with one attached hydrogen (secondary N) is 2. The summed E-state index contributed by atoms with van der Waals surface area (Å²) in [5.74, 6) is -1.25. The second-order valence-electron chi connectivity index (χ2n) is 9.99. The molecule has 45 heavy (non-hydrogen) atoms. The number of nitrogens with zero attached hydrogens (tertiary/aromatic N) is 2. The van der Waals surface area contributed by atoms with Gasteiger partial charge in [-0.25, -0.2) is 13.6 Å². The van der Waals surface area contributed by atoms with Crippen LogP contribution >= 0.6 is 0 Å². The quantitative estimate of drug-likeness (QED) is 0.163. The topological polar surface area (TPSA) is 149 Å². The Kier molecular flexibility index (Phi) is 12.4. The van der Waals surface area contributed by atoms with Crippen LogP contribution in [0.5, 0.6) is 5.75 Å². The van der Waals surface area contributed by atoms with Crippen molar-refractivity contribution < 1.29 is 32.6 Å². The number of carbonyl (C=O) groups excluding carboxylic acids is 3. The number of H-pyrrole nitrogens is 1. The van der Waals surface area contributed by atoms with E-state index in [9.17, 15) is 28.0 Å². The molecule has 4 rings (SSSR count). The summed E-state index contributed by atoms with van der Waals surface area (Å²) in [6.07, 6.45) is 5.40. The molecule has 0 unspecified atom stereocenters. The number of hydrogen-bond donors (Lipinski definition) is 3. The fourth-order valence-corrected chi connectivity index (χ4v) is 4.05. The number of amides is 3. The second kappa shape index (κ2) is 16.4. The Bertz CT molecular complexity index is 1730. The first kappa shape index (κ1) is 34.0. The number of aromatic nitrogens is 2. The Morgan fingerprint density at radius 1 is 1.09 bits per heavy atom. The van der Waals surface area contributed by atoms with Crippen molar-refractivity contribution >= 4 is 34.5 Å². The smallest absolute Gasteiger partial charge is 0.404 e. The highest BCUT2D eigenvalue weighted by Crippen LogP contribution is 2.27. The van der Waals surface area contributed by atoms with Crippen molar-refractivity contribution in [2.75, 3.05) is 26.5 Å². The number of carbonyl (C=O) groups is 3. The molecule has 2 aromatic carbocycles. The van der Waals surface area contributed by atoms with Gasteiger partial charge in [-0.1, -0.05) is 18.2 Å². The van der Waals surface area contributed by atoms with Crippen LogP contribution in [-0.4, -0.2) is 53.6 Å². The number of rotatable bonds is 11. The van der Waals surface area contributed by atoms with E-state index < -0.39 is 17.7 Å². The van der Waals surface area contributed by atoms with Crippen molar-refractivity contribution in [1.29, 1.82) is 0 Å². The molecule has 0 aliphatic heterocycles. The highest BCUT2D eigenvalue weighted by molar-refractivity contribution is 5.90. The SMILES string of the molecule is CN(C)C(=O)/C=C/CCCC(=O)Nc1cccn(Cc2cc3cccc(OCc4ccc(F)cc4F)c3[nH]2)c1=O.COC(N)=O. The van der Waals surface area contributed by atoms with E-state index in [1.165, 1.54) is 34.8 Å². The molecule has 13 heteroatoms. The van der Waals surface area contributed by atoms with Crippen molar-refractivity contribution in [2.45, 2.75) is 32.4 Å². The number of halogens is 2. The molecule has 11 nitrogen and oxygen atoms in total. The zero-order valence-corrected chi connectivity index (χ0v) is 25.1. The van der Waals surface area contributed by atoms with Crippen LogP contribution in [0.1, 0.15) is 30.5 Å². The number of pyridine rings is 1. The van der Waals surface area contributed by atoms with Gasteiger partial charge < -0.3 is 35.0 Å². The zero-order chi connectivity index (χ0) is 32.9. The normalized spacial score (nSPS) is 10.7. The van der Waals surface area contributed by atoms with Crippen molar-refractivity contribution in [3.8, 4) is 5.75 Å². The van der Waals surface area contributed by atoms with Crippen LogP contribution in [0.3, 0.4) is 0 Å². The molecule has 0 spiro atoms. The number of anilines is 1. The number of likely N-dealkylation sites (N-methyl/N-ethyl adjacent to an activating group) is 1. The molecule has 3 amide bonds. The summed E-state index contributed by atoms with van der Waals surface area (Å²) < 4.78 is 38.4. The summed E-state index contributed by atoms with van der Waals surface area (Å²) in [5, 5.41) is 3.51. The summed E-state index contributed by atoms with van der Waals surface area (Å²) in [4.78, 5) is 51.0. The molecule has 0 aliphatic carbocycles. The molecule has 0 atom stereocenters. The van der Waals surface area contributed by atoms with Crippen LogP contribution in [0.2, 0.25) is 0 Å². The van der Waals surface area contributed by atoms with Crippen LogP contribution in [0.25, 0.3) is 10.9 Å². The highest BCUT2D eigenvalue weighted by atomic mass is 19.1. The van der Waals surface area contributed by atoms with Gasteiger partial charge in [0.2, 0.25) is 11.8 Å². The molecular weight excluding hydrogens is 588 g/mol. The fourth-order valence-electron chi connectivity index (χ4n) is 4.05. The lowest BCUT2D eigenvalue weighted by atomic mass is 10.2. The summed E-state index contributed by atoms with van der Waals surface area (Å²) in [7, 11) is 4.55. The third kappa shape index (κ3) is 10.3. The third-order valence-electron chi connectivity index (χ3n) is 6.38. The van der Waals surface area contributed by atoms with E-state index >= 15 is 0 Å². The lowest BCUT2D eigenvalue weighted by Gasteiger charge is -2.09. The van der Waals surface area contributed by atoms with E-state index in [1.54, 1.807) is 50.6 Å². The molecule has 0 fully saturated rings. The molecule has 2 aromatic heterocycles. The van der Waals surface area contributed by atoms with Crippen molar-refractivity contribution in [3.05, 3.63) is 106 Å². The Morgan fingerprint density at radius 2 is 1.84 bits per heavy atom. The number of benzene rings is 2. The fraction of sp³-hybridized carbons (Fsp3) is 0.250. The molecule has 0 saturated heterocycles. The van der Waals surface area contributed by atoms with Gasteiger partial charge in [0, 0.05) is 49.4 Å². The van der Waals surface area contributed by atoms with Crippen LogP contribution in [-0.2, 0) is 27.5 Å². The third-order valence-corrected chi connectivity index (χ3v) is 6.38. The number of hydrogen-bond acceptors (Lipinski definition) is 6. The maximum Gasteiger partial charge on any atom is 0.404 e. The first-order valence-electron chi connectivity index (χ1n) is 13.9. The van der Waals surface area contributed by atoms with E-state index in [1.807, 2.05) is 12.1 Å². The van der Waals surface area contributed by atoms with Crippen molar-refractivity contribution in [2.24, 2.45) is 5.73 Å². The maximum absolute atomic E-state index is 14.0. The number of aromatic amines is 1. The minimum absolute atomic E-state index is 0.0781. The van der Waals surface area contributed by atoms with E-state index in [0.29, 0.717) is 24.1 Å². The van der Waals surface area contributed by atoms with Gasteiger partial charge in [0.05, 0.1) is 19.2 Å². The largest absolute Gasteiger partial charge is 0.487 e. The Balaban J connectivity index is 0.00000102. The minimum atomic E-state index is -0.745. The van der Waals surface area contributed by atoms with Crippen molar-refractivity contribution in [1.82, 2.24) is 14.5 Å². The van der Waals surface area contributed by atoms with Gasteiger partial charge in [-0.3, -0.25) is 14.4 Å². The van der Waals surface area contributed by atoms with Gasteiger partial charge >= 0.3 is 6.09 Å². The molecular formula is C32H35F2N5O6. The number of fused-ring (bicyclic) bond motifs is 1. The standard InChI is InChI=1S/C30H30F2N4O4.C2H5NO2/c1-35(2)28(38)12-5-3-4-11-27(37)34-25-9-7-15-36(30(25)39)18-23-16-20-8-6-10-26(29(20)33-23)40-19-21-13-14-22(31)17-24(21)32;1-5-2(3)4/h5-10,12-17,33H,3-4,11,18-19H2,1-2H3,(H,34,37);1H3,(H2,3,4)/b12-5+;. The predicted octanol–water partition coefficient (Wildman–Crippen LogP) is 4.70. The van der Waals surface area contributed by atoms with Crippen LogP contribution in [0.4, 0.5) is 19.3 Å². The number of unbranched alkanes of at least 4 members (excludes halogenated alkanes) is 1. The number of para-hydroxylation sites is 1. The first-order chi connectivity index (χ1) is 21.5. The second-order valence-corrected chi connectivity index (χ2v) is 9.99. The molecule has 4 N–H and O–H groups in total. The van der Waals surface area contributed by atoms with Gasteiger partial charge in [0.1, 0.15) is 29.7 Å². The highest BCUT2D eigenvalue weighted by Gasteiger charge is 2.12. The Labute approximate surface area is 258 Å². The van der Waals surface area contributed by atoms with E-state index in [2.05, 4.69) is 20.8 Å². The summed E-state index contributed by atoms with van der Waals surface area (Å²) in [5.41, 5.74) is 5.88. The van der Waals surface area contributed by atoms with Crippen LogP contribution in [0, 0.1) is 11.6 Å². The van der Waals surface area contributed by atoms with Gasteiger partial charge in [-0.05, 0) is 55.3 Å². The lowest BCUT2D eigenvalue weighted by molar-refractivity contribution is -0.123. The van der Waals surface area contributed by atoms with E-state index in [4.69, 9.17) is 4.74 Å². The zero-order valence-electron chi connectivity index (χ0n) is 25.1. The monoisotopic (exact) mass is 623 g/mol. The summed E-state index contributed by atoms with van der Waals surface area (Å²) >= 11 is 0. The van der Waals surface area contributed by atoms with Gasteiger partial charge in [0.25, 0.3) is 5.56 Å². The summed E-state index contributed by atoms with van der Waals surface area (Å²) in [6, 6.07) is 13.9. The Morgan fingerprint density at radius 3 is 2.53 bits per heavy atom. The average Bonchev–Trinajstić information content (AvgIpc) is 3.42. The molecule has 0 saturated carbocycles. The lowest BCUT2D eigenvalue weighted by Crippen LogP contribution is -2.25. The average molecular weight is 624 g/mol. The number of methoxy groups -OCH3 is 1. The number of nitrogens with two attached hydrogens (primary N) is 1. The molecule has 2 heterocycles.